The molecular weight excluding hydrogens is 532 g/mol. The van der Waals surface area contributed by atoms with Crippen LogP contribution in [0.1, 0.15) is 43.0 Å². The number of aromatic nitrogens is 4. The van der Waals surface area contributed by atoms with E-state index in [9.17, 15) is 4.79 Å². The fourth-order valence-corrected chi connectivity index (χ4v) is 5.83. The van der Waals surface area contributed by atoms with Crippen LogP contribution < -0.4 is 25.0 Å². The van der Waals surface area contributed by atoms with E-state index < -0.39 is 0 Å². The van der Waals surface area contributed by atoms with Crippen molar-refractivity contribution in [2.24, 2.45) is 0 Å². The third-order valence-corrected chi connectivity index (χ3v) is 7.82. The van der Waals surface area contributed by atoms with Crippen molar-refractivity contribution in [3.05, 3.63) is 65.0 Å². The molecular formula is C31H38N8O3. The zero-order valence-electron chi connectivity index (χ0n) is 24.8. The van der Waals surface area contributed by atoms with Gasteiger partial charge in [-0.05, 0) is 57.9 Å². The van der Waals surface area contributed by atoms with Gasteiger partial charge in [0.1, 0.15) is 0 Å². The summed E-state index contributed by atoms with van der Waals surface area (Å²) in [6.07, 6.45) is 1.84. The number of carbonyl (C=O) groups excluding carboxylic acids is 1. The minimum absolute atomic E-state index is 0.00253. The maximum Gasteiger partial charge on any atom is 0.317 e. The van der Waals surface area contributed by atoms with Crippen LogP contribution in [0.2, 0.25) is 0 Å². The molecule has 11 nitrogen and oxygen atoms in total. The molecule has 220 valence electrons. The van der Waals surface area contributed by atoms with Crippen LogP contribution >= 0.6 is 0 Å². The Labute approximate surface area is 245 Å². The highest BCUT2D eigenvalue weighted by Gasteiger charge is 2.34. The molecule has 0 aliphatic carbocycles. The Bertz CT molecular complexity index is 1600. The lowest BCUT2D eigenvalue weighted by atomic mass is 10.1. The van der Waals surface area contributed by atoms with Gasteiger partial charge in [0.05, 0.1) is 12.9 Å². The monoisotopic (exact) mass is 570 g/mol. The summed E-state index contributed by atoms with van der Waals surface area (Å²) in [7, 11) is 0. The molecule has 2 unspecified atom stereocenters. The predicted molar refractivity (Wildman–Crippen MR) is 162 cm³/mol. The van der Waals surface area contributed by atoms with E-state index >= 15 is 0 Å². The number of imidazole rings is 1. The van der Waals surface area contributed by atoms with Gasteiger partial charge in [-0.1, -0.05) is 35.4 Å². The first-order valence-electron chi connectivity index (χ1n) is 14.5. The maximum absolute atomic E-state index is 12.7. The van der Waals surface area contributed by atoms with E-state index in [4.69, 9.17) is 24.4 Å². The standard InChI is InChI=1S/C31H38N8O3/c1-6-32-31(40)39-15-21(4)38(14-22(39)5)30-35-28(33-13-23-7-8-25-26(12-23)42-18-41-25)27-29(36-30)37(17-34-27)16-24-10-19(2)9-20(3)11-24/h7-12,17,21-22H,6,13-16,18H2,1-5H3,(H,32,40)(H,33,35,36). The van der Waals surface area contributed by atoms with E-state index in [0.717, 1.165) is 22.7 Å². The second-order valence-electron chi connectivity index (χ2n) is 11.3. The first kappa shape index (κ1) is 27.6. The molecule has 6 rings (SSSR count). The summed E-state index contributed by atoms with van der Waals surface area (Å²) in [5.74, 6) is 2.78. The Morgan fingerprint density at radius 3 is 2.55 bits per heavy atom. The average Bonchev–Trinajstić information content (AvgIpc) is 3.59. The Hall–Kier alpha value is -4.54. The minimum atomic E-state index is -0.0366. The van der Waals surface area contributed by atoms with Crippen molar-refractivity contribution in [3.63, 3.8) is 0 Å². The molecule has 4 heterocycles. The van der Waals surface area contributed by atoms with Gasteiger partial charge in [0.25, 0.3) is 0 Å². The van der Waals surface area contributed by atoms with Gasteiger partial charge >= 0.3 is 6.03 Å². The summed E-state index contributed by atoms with van der Waals surface area (Å²) >= 11 is 0. The second kappa shape index (κ2) is 11.4. The van der Waals surface area contributed by atoms with Crippen molar-refractivity contribution in [3.8, 4) is 11.5 Å². The van der Waals surface area contributed by atoms with Gasteiger partial charge in [0, 0.05) is 38.3 Å². The normalized spacial score (nSPS) is 18.0. The van der Waals surface area contributed by atoms with Gasteiger partial charge in [-0.2, -0.15) is 9.97 Å². The second-order valence-corrected chi connectivity index (χ2v) is 11.3. The van der Waals surface area contributed by atoms with Crippen molar-refractivity contribution in [1.29, 1.82) is 0 Å². The summed E-state index contributed by atoms with van der Waals surface area (Å²) in [4.78, 5) is 31.6. The highest BCUT2D eigenvalue weighted by atomic mass is 16.7. The Morgan fingerprint density at radius 2 is 1.76 bits per heavy atom. The lowest BCUT2D eigenvalue weighted by Gasteiger charge is -2.44. The molecule has 0 radical (unpaired) electrons. The molecule has 2 amide bonds. The van der Waals surface area contributed by atoms with Gasteiger partial charge in [0.2, 0.25) is 12.7 Å². The van der Waals surface area contributed by atoms with Gasteiger partial charge in [-0.3, -0.25) is 0 Å². The molecule has 0 bridgehead atoms. The van der Waals surface area contributed by atoms with Crippen molar-refractivity contribution in [2.75, 3.05) is 36.6 Å². The molecule has 1 saturated heterocycles. The molecule has 2 aromatic heterocycles. The number of carbonyl (C=O) groups is 1. The molecule has 1 fully saturated rings. The smallest absolute Gasteiger partial charge is 0.317 e. The van der Waals surface area contributed by atoms with Crippen molar-refractivity contribution < 1.29 is 14.3 Å². The van der Waals surface area contributed by atoms with E-state index in [2.05, 4.69) is 66.0 Å². The molecule has 2 aliphatic heterocycles. The Kier molecular flexibility index (Phi) is 7.49. The quantitative estimate of drug-likeness (QED) is 0.335. The maximum atomic E-state index is 12.7. The predicted octanol–water partition coefficient (Wildman–Crippen LogP) is 4.46. The molecule has 2 aromatic carbocycles. The van der Waals surface area contributed by atoms with E-state index in [1.54, 1.807) is 0 Å². The largest absolute Gasteiger partial charge is 0.454 e. The van der Waals surface area contributed by atoms with Gasteiger partial charge in [-0.15, -0.1) is 0 Å². The van der Waals surface area contributed by atoms with E-state index in [1.165, 1.54) is 16.7 Å². The molecule has 4 aromatic rings. The van der Waals surface area contributed by atoms with Gasteiger partial charge in [0.15, 0.2) is 28.5 Å². The number of anilines is 2. The van der Waals surface area contributed by atoms with Crippen LogP contribution in [-0.2, 0) is 13.1 Å². The fraction of sp³-hybridized carbons (Fsp3) is 0.419. The van der Waals surface area contributed by atoms with Gasteiger partial charge in [-0.25, -0.2) is 9.78 Å². The summed E-state index contributed by atoms with van der Waals surface area (Å²) in [5.41, 5.74) is 6.16. The van der Waals surface area contributed by atoms with Crippen LogP contribution in [0.25, 0.3) is 11.2 Å². The summed E-state index contributed by atoms with van der Waals surface area (Å²) < 4.78 is 13.1. The third kappa shape index (κ3) is 5.50. The highest BCUT2D eigenvalue weighted by Crippen LogP contribution is 2.33. The Morgan fingerprint density at radius 1 is 0.976 bits per heavy atom. The van der Waals surface area contributed by atoms with Crippen LogP contribution in [0, 0.1) is 13.8 Å². The zero-order valence-corrected chi connectivity index (χ0v) is 24.8. The number of hydrogen-bond acceptors (Lipinski definition) is 8. The molecule has 2 atom stereocenters. The van der Waals surface area contributed by atoms with Crippen molar-refractivity contribution in [2.45, 2.75) is 59.8 Å². The zero-order chi connectivity index (χ0) is 29.4. The number of amides is 2. The number of rotatable bonds is 7. The molecule has 11 heteroatoms. The highest BCUT2D eigenvalue weighted by molar-refractivity contribution is 5.84. The van der Waals surface area contributed by atoms with Crippen LogP contribution in [0.3, 0.4) is 0 Å². The van der Waals surface area contributed by atoms with E-state index in [1.807, 2.05) is 36.4 Å². The summed E-state index contributed by atoms with van der Waals surface area (Å²) in [6, 6.07) is 12.5. The molecule has 0 saturated carbocycles. The van der Waals surface area contributed by atoms with E-state index in [-0.39, 0.29) is 24.9 Å². The lowest BCUT2D eigenvalue weighted by molar-refractivity contribution is 0.161. The van der Waals surface area contributed by atoms with Crippen LogP contribution in [-0.4, -0.2) is 69.0 Å². The van der Waals surface area contributed by atoms with Crippen molar-refractivity contribution >= 4 is 29.0 Å². The number of fused-ring (bicyclic) bond motifs is 2. The van der Waals surface area contributed by atoms with Crippen LogP contribution in [0.15, 0.2) is 42.7 Å². The molecule has 42 heavy (non-hydrogen) atoms. The fourth-order valence-electron chi connectivity index (χ4n) is 5.83. The number of hydrogen-bond donors (Lipinski definition) is 2. The average molecular weight is 571 g/mol. The number of nitrogens with zero attached hydrogens (tertiary/aromatic N) is 6. The van der Waals surface area contributed by atoms with E-state index in [0.29, 0.717) is 50.0 Å². The minimum Gasteiger partial charge on any atom is -0.454 e. The number of benzene rings is 2. The van der Waals surface area contributed by atoms with Gasteiger partial charge < -0.3 is 34.5 Å². The number of nitrogens with one attached hydrogen (secondary N) is 2. The SMILES string of the molecule is CCNC(=O)N1CC(C)N(c2nc(NCc3ccc4c(c3)OCO4)c3ncn(Cc4cc(C)cc(C)c4)c3n2)CC1C. The molecule has 0 spiro atoms. The van der Waals surface area contributed by atoms with Crippen molar-refractivity contribution in [1.82, 2.24) is 29.7 Å². The topological polar surface area (TPSA) is 110 Å². The molecule has 2 aliphatic rings. The first-order valence-corrected chi connectivity index (χ1v) is 14.5. The number of urea groups is 1. The Balaban J connectivity index is 1.34. The first-order chi connectivity index (χ1) is 20.3. The number of piperazine rings is 1. The number of ether oxygens (including phenoxy) is 2. The molecule has 2 N–H and O–H groups in total. The number of aryl methyl sites for hydroxylation is 2. The van der Waals surface area contributed by atoms with Crippen LogP contribution in [0.5, 0.6) is 11.5 Å². The summed E-state index contributed by atoms with van der Waals surface area (Å²) in [6.45, 7) is 13.6. The summed E-state index contributed by atoms with van der Waals surface area (Å²) in [5, 5.41) is 6.45. The third-order valence-electron chi connectivity index (χ3n) is 7.82. The lowest BCUT2D eigenvalue weighted by Crippen LogP contribution is -2.60. The van der Waals surface area contributed by atoms with Crippen LogP contribution in [0.4, 0.5) is 16.6 Å².